The van der Waals surface area contributed by atoms with E-state index in [1.165, 1.54) is 10.5 Å². The second-order valence-corrected chi connectivity index (χ2v) is 8.20. The van der Waals surface area contributed by atoms with E-state index in [1.807, 2.05) is 68.4 Å². The summed E-state index contributed by atoms with van der Waals surface area (Å²) in [5.41, 5.74) is 1.79. The SMILES string of the molecule is Cc1ccc(OC[C@@H](C)NC(=O)c2ccc(OCCSc3ccccc3)cc2)cc1. The molecule has 3 aromatic carbocycles. The highest BCUT2D eigenvalue weighted by molar-refractivity contribution is 7.99. The van der Waals surface area contributed by atoms with Gasteiger partial charge in [-0.15, -0.1) is 11.8 Å². The van der Waals surface area contributed by atoms with Gasteiger partial charge in [-0.25, -0.2) is 0 Å². The molecule has 0 radical (unpaired) electrons. The van der Waals surface area contributed by atoms with Crippen LogP contribution in [0, 0.1) is 6.92 Å². The summed E-state index contributed by atoms with van der Waals surface area (Å²) >= 11 is 1.76. The van der Waals surface area contributed by atoms with Crippen LogP contribution in [-0.2, 0) is 0 Å². The van der Waals surface area contributed by atoms with Gasteiger partial charge in [0.15, 0.2) is 0 Å². The van der Waals surface area contributed by atoms with E-state index in [2.05, 4.69) is 17.4 Å². The quantitative estimate of drug-likeness (QED) is 0.353. The number of hydrogen-bond donors (Lipinski definition) is 1. The highest BCUT2D eigenvalue weighted by Gasteiger charge is 2.10. The zero-order valence-electron chi connectivity index (χ0n) is 17.3. The summed E-state index contributed by atoms with van der Waals surface area (Å²) < 4.78 is 11.5. The first-order chi connectivity index (χ1) is 14.6. The number of amides is 1. The molecular weight excluding hydrogens is 394 g/mol. The van der Waals surface area contributed by atoms with Crippen molar-refractivity contribution in [3.63, 3.8) is 0 Å². The lowest BCUT2D eigenvalue weighted by atomic mass is 10.2. The molecule has 4 nitrogen and oxygen atoms in total. The van der Waals surface area contributed by atoms with E-state index in [0.29, 0.717) is 18.8 Å². The first-order valence-electron chi connectivity index (χ1n) is 10.0. The number of nitrogens with one attached hydrogen (secondary N) is 1. The standard InChI is InChI=1S/C25H27NO3S/c1-19-8-12-23(13-9-19)29-18-20(2)26-25(27)21-10-14-22(15-11-21)28-16-17-30-24-6-4-3-5-7-24/h3-15,20H,16-18H2,1-2H3,(H,26,27)/t20-/m1/s1. The maximum Gasteiger partial charge on any atom is 0.251 e. The van der Waals surface area contributed by atoms with Gasteiger partial charge in [0.2, 0.25) is 0 Å². The number of rotatable bonds is 10. The van der Waals surface area contributed by atoms with E-state index >= 15 is 0 Å². The van der Waals surface area contributed by atoms with Gasteiger partial charge in [-0.05, 0) is 62.4 Å². The molecule has 0 fully saturated rings. The Bertz CT molecular complexity index is 911. The summed E-state index contributed by atoms with van der Waals surface area (Å²) in [6, 6.07) is 25.2. The monoisotopic (exact) mass is 421 g/mol. The van der Waals surface area contributed by atoms with Crippen LogP contribution < -0.4 is 14.8 Å². The molecule has 1 N–H and O–H groups in total. The molecule has 0 bridgehead atoms. The van der Waals surface area contributed by atoms with Crippen LogP contribution in [0.15, 0.2) is 83.8 Å². The summed E-state index contributed by atoms with van der Waals surface area (Å²) in [5, 5.41) is 2.96. The van der Waals surface area contributed by atoms with Crippen LogP contribution in [0.5, 0.6) is 11.5 Å². The van der Waals surface area contributed by atoms with Crippen LogP contribution in [0.3, 0.4) is 0 Å². The van der Waals surface area contributed by atoms with Gasteiger partial charge in [-0.3, -0.25) is 4.79 Å². The van der Waals surface area contributed by atoms with Crippen molar-refractivity contribution < 1.29 is 14.3 Å². The van der Waals surface area contributed by atoms with Crippen molar-refractivity contribution in [3.05, 3.63) is 90.0 Å². The fourth-order valence-electron chi connectivity index (χ4n) is 2.74. The highest BCUT2D eigenvalue weighted by Crippen LogP contribution is 2.18. The number of thioether (sulfide) groups is 1. The number of hydrogen-bond acceptors (Lipinski definition) is 4. The van der Waals surface area contributed by atoms with Gasteiger partial charge >= 0.3 is 0 Å². The first-order valence-corrected chi connectivity index (χ1v) is 11.0. The predicted molar refractivity (Wildman–Crippen MR) is 123 cm³/mol. The molecule has 3 aromatic rings. The minimum absolute atomic E-state index is 0.107. The minimum atomic E-state index is -0.124. The Morgan fingerprint density at radius 3 is 2.23 bits per heavy atom. The van der Waals surface area contributed by atoms with Crippen molar-refractivity contribution in [3.8, 4) is 11.5 Å². The van der Waals surface area contributed by atoms with Gasteiger partial charge in [0.1, 0.15) is 18.1 Å². The summed E-state index contributed by atoms with van der Waals surface area (Å²) in [7, 11) is 0. The topological polar surface area (TPSA) is 47.6 Å². The van der Waals surface area contributed by atoms with Gasteiger partial charge in [0, 0.05) is 16.2 Å². The molecule has 0 aliphatic carbocycles. The zero-order chi connectivity index (χ0) is 21.2. The lowest BCUT2D eigenvalue weighted by Gasteiger charge is -2.15. The molecule has 0 heterocycles. The predicted octanol–water partition coefficient (Wildman–Crippen LogP) is 5.36. The van der Waals surface area contributed by atoms with Crippen molar-refractivity contribution in [2.75, 3.05) is 19.0 Å². The zero-order valence-corrected chi connectivity index (χ0v) is 18.2. The maximum absolute atomic E-state index is 12.4. The molecule has 0 saturated heterocycles. The Kier molecular flexibility index (Phi) is 8.21. The Morgan fingerprint density at radius 1 is 0.900 bits per heavy atom. The van der Waals surface area contributed by atoms with Crippen LogP contribution >= 0.6 is 11.8 Å². The van der Waals surface area contributed by atoms with Crippen LogP contribution in [-0.4, -0.2) is 30.9 Å². The summed E-state index contributed by atoms with van der Waals surface area (Å²) in [5.74, 6) is 2.30. The maximum atomic E-state index is 12.4. The number of ether oxygens (including phenoxy) is 2. The van der Waals surface area contributed by atoms with Gasteiger partial charge in [-0.1, -0.05) is 35.9 Å². The number of aryl methyl sites for hydroxylation is 1. The van der Waals surface area contributed by atoms with Gasteiger partial charge in [0.05, 0.1) is 12.6 Å². The van der Waals surface area contributed by atoms with Gasteiger partial charge < -0.3 is 14.8 Å². The highest BCUT2D eigenvalue weighted by atomic mass is 32.2. The second-order valence-electron chi connectivity index (χ2n) is 7.03. The third-order valence-corrected chi connectivity index (χ3v) is 5.36. The molecule has 1 amide bonds. The van der Waals surface area contributed by atoms with Crippen molar-refractivity contribution >= 4 is 17.7 Å². The molecule has 0 unspecified atom stereocenters. The number of benzene rings is 3. The summed E-state index contributed by atoms with van der Waals surface area (Å²) in [6.07, 6.45) is 0. The van der Waals surface area contributed by atoms with E-state index in [0.717, 1.165) is 17.3 Å². The van der Waals surface area contributed by atoms with E-state index in [-0.39, 0.29) is 11.9 Å². The van der Waals surface area contributed by atoms with E-state index in [4.69, 9.17) is 9.47 Å². The Hall–Kier alpha value is -2.92. The molecule has 156 valence electrons. The fraction of sp³-hybridized carbons (Fsp3) is 0.240. The molecule has 5 heteroatoms. The smallest absolute Gasteiger partial charge is 0.251 e. The first kappa shape index (κ1) is 21.8. The summed E-state index contributed by atoms with van der Waals surface area (Å²) in [4.78, 5) is 13.7. The van der Waals surface area contributed by atoms with Crippen LogP contribution in [0.4, 0.5) is 0 Å². The lowest BCUT2D eigenvalue weighted by Crippen LogP contribution is -2.36. The minimum Gasteiger partial charge on any atom is -0.493 e. The van der Waals surface area contributed by atoms with E-state index in [9.17, 15) is 4.79 Å². The molecule has 1 atom stereocenters. The van der Waals surface area contributed by atoms with Gasteiger partial charge in [-0.2, -0.15) is 0 Å². The van der Waals surface area contributed by atoms with Crippen molar-refractivity contribution in [1.29, 1.82) is 0 Å². The largest absolute Gasteiger partial charge is 0.493 e. The number of carbonyl (C=O) groups is 1. The average Bonchev–Trinajstić information content (AvgIpc) is 2.77. The van der Waals surface area contributed by atoms with Crippen molar-refractivity contribution in [1.82, 2.24) is 5.32 Å². The van der Waals surface area contributed by atoms with E-state index in [1.54, 1.807) is 23.9 Å². The Balaban J connectivity index is 1.38. The van der Waals surface area contributed by atoms with Crippen LogP contribution in [0.25, 0.3) is 0 Å². The van der Waals surface area contributed by atoms with Crippen molar-refractivity contribution in [2.45, 2.75) is 24.8 Å². The third-order valence-electron chi connectivity index (χ3n) is 4.38. The van der Waals surface area contributed by atoms with Crippen LogP contribution in [0.1, 0.15) is 22.8 Å². The molecule has 3 rings (SSSR count). The lowest BCUT2D eigenvalue weighted by molar-refractivity contribution is 0.0926. The van der Waals surface area contributed by atoms with Gasteiger partial charge in [0.25, 0.3) is 5.91 Å². The van der Waals surface area contributed by atoms with Crippen LogP contribution in [0.2, 0.25) is 0 Å². The van der Waals surface area contributed by atoms with Crippen molar-refractivity contribution in [2.24, 2.45) is 0 Å². The molecule has 0 aliphatic heterocycles. The third kappa shape index (κ3) is 7.16. The molecule has 0 saturated carbocycles. The normalized spacial score (nSPS) is 11.5. The summed E-state index contributed by atoms with van der Waals surface area (Å²) in [6.45, 7) is 4.98. The molecular formula is C25H27NO3S. The Labute approximate surface area is 182 Å². The average molecular weight is 422 g/mol. The second kappa shape index (κ2) is 11.3. The Morgan fingerprint density at radius 2 is 1.53 bits per heavy atom. The molecule has 0 aliphatic rings. The number of carbonyl (C=O) groups excluding carboxylic acids is 1. The molecule has 0 aromatic heterocycles. The van der Waals surface area contributed by atoms with E-state index < -0.39 is 0 Å². The molecule has 0 spiro atoms. The fourth-order valence-corrected chi connectivity index (χ4v) is 3.49. The molecule has 30 heavy (non-hydrogen) atoms.